The third-order valence-electron chi connectivity index (χ3n) is 3.49. The quantitative estimate of drug-likeness (QED) is 0.433. The topological polar surface area (TPSA) is 74.8 Å². The van der Waals surface area contributed by atoms with Crippen molar-refractivity contribution in [2.75, 3.05) is 5.32 Å². The number of hydrogen-bond donors (Lipinski definition) is 2. The Morgan fingerprint density at radius 1 is 1.21 bits per heavy atom. The Kier molecular flexibility index (Phi) is 4.73. The number of carbonyl (C=O) groups excluding carboxylic acids is 1. The highest BCUT2D eigenvalue weighted by molar-refractivity contribution is 9.11. The van der Waals surface area contributed by atoms with Crippen LogP contribution < -0.4 is 10.9 Å². The Morgan fingerprint density at radius 3 is 2.67 bits per heavy atom. The second-order valence-electron chi connectivity index (χ2n) is 5.14. The standard InChI is InChI=1S/C17H12Br2N2O3/c1-9-4-2-3-5-14(9)20-16(22)12-7-10-6-11(18)8-13(19)15(10)24-17(12)21-23/h2-8,23H,1H3,(H,20,22)/b21-17+. The lowest BCUT2D eigenvalue weighted by Gasteiger charge is -2.09. The van der Waals surface area contributed by atoms with Crippen LogP contribution in [0, 0.1) is 6.92 Å². The number of amides is 1. The van der Waals surface area contributed by atoms with Gasteiger partial charge in [-0.3, -0.25) is 4.79 Å². The highest BCUT2D eigenvalue weighted by Gasteiger charge is 2.15. The zero-order valence-corrected chi connectivity index (χ0v) is 15.7. The lowest BCUT2D eigenvalue weighted by molar-refractivity contribution is 0.102. The summed E-state index contributed by atoms with van der Waals surface area (Å²) in [5, 5.41) is 15.8. The van der Waals surface area contributed by atoms with Crippen molar-refractivity contribution in [2.24, 2.45) is 5.16 Å². The predicted octanol–water partition coefficient (Wildman–Crippen LogP) is 4.81. The molecule has 1 heterocycles. The highest BCUT2D eigenvalue weighted by Crippen LogP contribution is 2.28. The van der Waals surface area contributed by atoms with E-state index in [1.54, 1.807) is 18.2 Å². The molecule has 3 rings (SSSR count). The lowest BCUT2D eigenvalue weighted by atomic mass is 10.1. The summed E-state index contributed by atoms with van der Waals surface area (Å²) in [6, 6.07) is 12.7. The van der Waals surface area contributed by atoms with Crippen molar-refractivity contribution in [3.63, 3.8) is 0 Å². The molecule has 0 unspecified atom stereocenters. The second-order valence-corrected chi connectivity index (χ2v) is 6.91. The van der Waals surface area contributed by atoms with Crippen molar-refractivity contribution in [3.05, 3.63) is 68.1 Å². The third-order valence-corrected chi connectivity index (χ3v) is 4.54. The van der Waals surface area contributed by atoms with Crippen LogP contribution in [0.3, 0.4) is 0 Å². The molecular formula is C17H12Br2N2O3. The van der Waals surface area contributed by atoms with Gasteiger partial charge in [-0.25, -0.2) is 0 Å². The summed E-state index contributed by atoms with van der Waals surface area (Å²) in [5.41, 5.74) is 2.08. The lowest BCUT2D eigenvalue weighted by Crippen LogP contribution is -2.22. The van der Waals surface area contributed by atoms with Crippen molar-refractivity contribution in [2.45, 2.75) is 6.92 Å². The van der Waals surface area contributed by atoms with Gasteiger partial charge in [-0.15, -0.1) is 0 Å². The van der Waals surface area contributed by atoms with Crippen LogP contribution >= 0.6 is 31.9 Å². The third kappa shape index (κ3) is 3.22. The van der Waals surface area contributed by atoms with E-state index >= 15 is 0 Å². The van der Waals surface area contributed by atoms with E-state index < -0.39 is 5.91 Å². The van der Waals surface area contributed by atoms with Crippen molar-refractivity contribution >= 4 is 54.4 Å². The number of hydrogen-bond acceptors (Lipinski definition) is 4. The number of nitrogens with zero attached hydrogens (tertiary/aromatic N) is 1. The Bertz CT molecular complexity index is 1010. The second kappa shape index (κ2) is 6.78. The average Bonchev–Trinajstić information content (AvgIpc) is 2.55. The molecule has 0 radical (unpaired) electrons. The SMILES string of the molecule is Cc1ccccc1NC(=O)c1cc2cc(Br)cc(Br)c2o/c1=N/O. The minimum atomic E-state index is -0.418. The van der Waals surface area contributed by atoms with E-state index in [1.165, 1.54) is 0 Å². The number of halogens is 2. The molecule has 2 aromatic carbocycles. The van der Waals surface area contributed by atoms with Gasteiger partial charge in [-0.2, -0.15) is 0 Å². The van der Waals surface area contributed by atoms with Crippen molar-refractivity contribution < 1.29 is 14.4 Å². The largest absolute Gasteiger partial charge is 0.434 e. The monoisotopic (exact) mass is 450 g/mol. The van der Waals surface area contributed by atoms with Crippen LogP contribution in [0.2, 0.25) is 0 Å². The van der Waals surface area contributed by atoms with Gasteiger partial charge in [0.15, 0.2) is 5.58 Å². The molecule has 2 N–H and O–H groups in total. The molecule has 0 fully saturated rings. The molecule has 0 spiro atoms. The molecule has 0 saturated carbocycles. The maximum Gasteiger partial charge on any atom is 0.268 e. The Labute approximate surface area is 154 Å². The van der Waals surface area contributed by atoms with Crippen molar-refractivity contribution in [1.82, 2.24) is 0 Å². The van der Waals surface area contributed by atoms with E-state index in [0.29, 0.717) is 21.1 Å². The minimum Gasteiger partial charge on any atom is -0.434 e. The number of anilines is 1. The van der Waals surface area contributed by atoms with Gasteiger partial charge < -0.3 is 14.9 Å². The summed E-state index contributed by atoms with van der Waals surface area (Å²) in [7, 11) is 0. The van der Waals surface area contributed by atoms with Crippen molar-refractivity contribution in [1.29, 1.82) is 0 Å². The molecule has 0 aliphatic rings. The molecule has 0 saturated heterocycles. The molecule has 0 aliphatic heterocycles. The molecule has 0 atom stereocenters. The first-order valence-corrected chi connectivity index (χ1v) is 8.56. The van der Waals surface area contributed by atoms with Gasteiger partial charge in [-0.05, 0) is 57.8 Å². The van der Waals surface area contributed by atoms with Gasteiger partial charge in [0.2, 0.25) is 0 Å². The average molecular weight is 452 g/mol. The summed E-state index contributed by atoms with van der Waals surface area (Å²) in [5.74, 6) is -0.418. The summed E-state index contributed by atoms with van der Waals surface area (Å²) in [6.07, 6.45) is 0. The van der Waals surface area contributed by atoms with E-state index in [9.17, 15) is 10.0 Å². The van der Waals surface area contributed by atoms with Crippen LogP contribution in [-0.2, 0) is 0 Å². The molecular weight excluding hydrogens is 440 g/mol. The zero-order valence-electron chi connectivity index (χ0n) is 12.5. The van der Waals surface area contributed by atoms with E-state index in [1.807, 2.05) is 31.2 Å². The van der Waals surface area contributed by atoms with Crippen LogP contribution in [0.4, 0.5) is 5.69 Å². The van der Waals surface area contributed by atoms with Crippen LogP contribution in [0.5, 0.6) is 0 Å². The van der Waals surface area contributed by atoms with E-state index in [-0.39, 0.29) is 11.1 Å². The molecule has 0 bridgehead atoms. The fourth-order valence-corrected chi connectivity index (χ4v) is 3.64. The number of fused-ring (bicyclic) bond motifs is 1. The Balaban J connectivity index is 2.11. The number of nitrogens with one attached hydrogen (secondary N) is 1. The predicted molar refractivity (Wildman–Crippen MR) is 98.1 cm³/mol. The minimum absolute atomic E-state index is 0.137. The van der Waals surface area contributed by atoms with Gasteiger partial charge in [0, 0.05) is 15.5 Å². The van der Waals surface area contributed by atoms with Crippen LogP contribution in [-0.4, -0.2) is 11.1 Å². The molecule has 122 valence electrons. The van der Waals surface area contributed by atoms with Crippen LogP contribution in [0.25, 0.3) is 11.0 Å². The maximum absolute atomic E-state index is 12.6. The normalized spacial score (nSPS) is 11.7. The van der Waals surface area contributed by atoms with Gasteiger partial charge in [0.25, 0.3) is 11.5 Å². The number of aryl methyl sites for hydroxylation is 1. The number of para-hydroxylation sites is 1. The molecule has 1 amide bonds. The molecule has 1 aromatic heterocycles. The summed E-state index contributed by atoms with van der Waals surface area (Å²) >= 11 is 6.79. The first-order valence-electron chi connectivity index (χ1n) is 6.97. The smallest absolute Gasteiger partial charge is 0.268 e. The van der Waals surface area contributed by atoms with Crippen LogP contribution in [0.15, 0.2) is 61.0 Å². The Hall–Kier alpha value is -2.12. The molecule has 3 aromatic rings. The zero-order chi connectivity index (χ0) is 17.3. The highest BCUT2D eigenvalue weighted by atomic mass is 79.9. The molecule has 7 heteroatoms. The first-order chi connectivity index (χ1) is 11.5. The summed E-state index contributed by atoms with van der Waals surface area (Å²) < 4.78 is 7.08. The Morgan fingerprint density at radius 2 is 1.96 bits per heavy atom. The van der Waals surface area contributed by atoms with Crippen molar-refractivity contribution in [3.8, 4) is 0 Å². The van der Waals surface area contributed by atoms with E-state index in [2.05, 4.69) is 42.3 Å². The van der Waals surface area contributed by atoms with Gasteiger partial charge in [0.05, 0.1) is 4.47 Å². The number of carbonyl (C=O) groups is 1. The number of benzene rings is 2. The number of rotatable bonds is 2. The molecule has 0 aliphatic carbocycles. The fraction of sp³-hybridized carbons (Fsp3) is 0.0588. The van der Waals surface area contributed by atoms with Gasteiger partial charge in [0.1, 0.15) is 5.56 Å². The molecule has 5 nitrogen and oxygen atoms in total. The maximum atomic E-state index is 12.6. The van der Waals surface area contributed by atoms with E-state index in [0.717, 1.165) is 10.0 Å². The summed E-state index contributed by atoms with van der Waals surface area (Å²) in [4.78, 5) is 12.6. The van der Waals surface area contributed by atoms with Gasteiger partial charge in [-0.1, -0.05) is 34.1 Å². The molecule has 24 heavy (non-hydrogen) atoms. The van der Waals surface area contributed by atoms with Crippen LogP contribution in [0.1, 0.15) is 15.9 Å². The van der Waals surface area contributed by atoms with E-state index in [4.69, 9.17) is 4.42 Å². The first kappa shape index (κ1) is 16.7. The summed E-state index contributed by atoms with van der Waals surface area (Å²) in [6.45, 7) is 1.89. The van der Waals surface area contributed by atoms with Gasteiger partial charge >= 0.3 is 0 Å². The fourth-order valence-electron chi connectivity index (χ4n) is 2.30.